The van der Waals surface area contributed by atoms with E-state index in [9.17, 15) is 0 Å². The van der Waals surface area contributed by atoms with Gasteiger partial charge in [-0.1, -0.05) is 97.1 Å². The van der Waals surface area contributed by atoms with Crippen molar-refractivity contribution < 1.29 is 0 Å². The lowest BCUT2D eigenvalue weighted by Gasteiger charge is -2.30. The number of benzene rings is 4. The van der Waals surface area contributed by atoms with Crippen molar-refractivity contribution in [1.29, 1.82) is 0 Å². The lowest BCUT2D eigenvalue weighted by atomic mass is 9.92. The molecule has 174 valence electrons. The Labute approximate surface area is 205 Å². The molecule has 4 aromatic carbocycles. The van der Waals surface area contributed by atoms with Gasteiger partial charge in [-0.05, 0) is 72.2 Å². The van der Waals surface area contributed by atoms with Crippen molar-refractivity contribution in [3.63, 3.8) is 0 Å². The second-order valence-electron chi connectivity index (χ2n) is 9.38. The molecule has 4 aromatic rings. The van der Waals surface area contributed by atoms with E-state index >= 15 is 0 Å². The van der Waals surface area contributed by atoms with Crippen molar-refractivity contribution in [2.75, 3.05) is 0 Å². The number of rotatable bonds is 9. The third-order valence-corrected chi connectivity index (χ3v) is 6.85. The van der Waals surface area contributed by atoms with Gasteiger partial charge >= 0.3 is 0 Å². The second-order valence-corrected chi connectivity index (χ2v) is 9.38. The van der Waals surface area contributed by atoms with Gasteiger partial charge in [0.05, 0.1) is 12.1 Å². The van der Waals surface area contributed by atoms with Crippen LogP contribution in [0.4, 0.5) is 0 Å². The Kier molecular flexibility index (Phi) is 7.95. The fraction of sp³-hybridized carbons (Fsp3) is 0.250. The van der Waals surface area contributed by atoms with E-state index in [0.717, 1.165) is 13.1 Å². The van der Waals surface area contributed by atoms with E-state index < -0.39 is 0 Å². The zero-order valence-corrected chi connectivity index (χ0v) is 20.8. The number of hydrogen-bond acceptors (Lipinski definition) is 2. The summed E-state index contributed by atoms with van der Waals surface area (Å²) in [6.07, 6.45) is 0. The summed E-state index contributed by atoms with van der Waals surface area (Å²) in [5.41, 5.74) is 10.5. The van der Waals surface area contributed by atoms with Gasteiger partial charge in [0.25, 0.3) is 0 Å². The Bertz CT molecular complexity index is 1100. The minimum atomic E-state index is 0.122. The summed E-state index contributed by atoms with van der Waals surface area (Å²) in [5, 5.41) is 7.78. The quantitative estimate of drug-likeness (QED) is 0.281. The highest BCUT2D eigenvalue weighted by atomic mass is 15.0. The summed E-state index contributed by atoms with van der Waals surface area (Å²) in [7, 11) is 0. The first kappa shape index (κ1) is 23.9. The van der Waals surface area contributed by atoms with Crippen LogP contribution in [0.5, 0.6) is 0 Å². The molecule has 2 N–H and O–H groups in total. The van der Waals surface area contributed by atoms with Crippen molar-refractivity contribution in [2.24, 2.45) is 0 Å². The second kappa shape index (κ2) is 11.3. The summed E-state index contributed by atoms with van der Waals surface area (Å²) in [6, 6.07) is 35.3. The van der Waals surface area contributed by atoms with Gasteiger partial charge in [-0.3, -0.25) is 0 Å². The molecule has 2 atom stereocenters. The molecule has 34 heavy (non-hydrogen) atoms. The molecule has 2 unspecified atom stereocenters. The van der Waals surface area contributed by atoms with Crippen LogP contribution in [-0.2, 0) is 13.1 Å². The van der Waals surface area contributed by atoms with Gasteiger partial charge in [0.1, 0.15) is 0 Å². The van der Waals surface area contributed by atoms with Crippen LogP contribution >= 0.6 is 0 Å². The molecule has 4 rings (SSSR count). The molecule has 0 aliphatic carbocycles. The van der Waals surface area contributed by atoms with Crippen LogP contribution in [0.2, 0.25) is 0 Å². The predicted octanol–water partition coefficient (Wildman–Crippen LogP) is 7.28. The van der Waals surface area contributed by atoms with Crippen LogP contribution in [0.15, 0.2) is 97.1 Å². The molecule has 0 spiro atoms. The normalized spacial score (nSPS) is 12.9. The third kappa shape index (κ3) is 6.02. The summed E-state index contributed by atoms with van der Waals surface area (Å²) < 4.78 is 0. The molecule has 2 nitrogen and oxygen atoms in total. The lowest BCUT2D eigenvalue weighted by molar-refractivity contribution is 0.381. The molecule has 0 heterocycles. The first-order chi connectivity index (χ1) is 16.5. The van der Waals surface area contributed by atoms with Crippen LogP contribution in [-0.4, -0.2) is 0 Å². The monoisotopic (exact) mass is 448 g/mol. The zero-order chi connectivity index (χ0) is 23.9. The lowest BCUT2D eigenvalue weighted by Crippen LogP contribution is -2.35. The van der Waals surface area contributed by atoms with E-state index in [0.29, 0.717) is 0 Å². The molecule has 0 fully saturated rings. The van der Waals surface area contributed by atoms with Crippen molar-refractivity contribution in [1.82, 2.24) is 10.6 Å². The van der Waals surface area contributed by atoms with Gasteiger partial charge in [-0.2, -0.15) is 0 Å². The Morgan fingerprint density at radius 1 is 0.471 bits per heavy atom. The molecule has 0 amide bonds. The van der Waals surface area contributed by atoms with Crippen LogP contribution in [0.1, 0.15) is 56.6 Å². The molecular formula is C32H36N2. The summed E-state index contributed by atoms with van der Waals surface area (Å²) in [4.78, 5) is 0. The van der Waals surface area contributed by atoms with Crippen molar-refractivity contribution in [3.8, 4) is 0 Å². The standard InChI is InChI=1S/C32H36N2/c1-23-15-17-27(19-25(23)3)21-33-31(29-11-7-5-8-12-29)32(30-13-9-6-10-14-30)34-22-28-18-16-24(2)26(4)20-28/h5-20,31-34H,21-22H2,1-4H3. The first-order valence-electron chi connectivity index (χ1n) is 12.2. The van der Waals surface area contributed by atoms with Crippen LogP contribution in [0.3, 0.4) is 0 Å². The number of nitrogens with one attached hydrogen (secondary N) is 2. The molecule has 0 radical (unpaired) electrons. The molecule has 0 saturated carbocycles. The summed E-state index contributed by atoms with van der Waals surface area (Å²) in [5.74, 6) is 0. The number of aryl methyl sites for hydroxylation is 4. The molecular weight excluding hydrogens is 412 g/mol. The van der Waals surface area contributed by atoms with Gasteiger partial charge in [-0.25, -0.2) is 0 Å². The first-order valence-corrected chi connectivity index (χ1v) is 12.2. The maximum absolute atomic E-state index is 3.89. The van der Waals surface area contributed by atoms with Crippen LogP contribution < -0.4 is 10.6 Å². The Balaban J connectivity index is 1.64. The van der Waals surface area contributed by atoms with Gasteiger partial charge in [0.2, 0.25) is 0 Å². The third-order valence-electron chi connectivity index (χ3n) is 6.85. The van der Waals surface area contributed by atoms with E-state index in [4.69, 9.17) is 0 Å². The fourth-order valence-electron chi connectivity index (χ4n) is 4.46. The Hall–Kier alpha value is -3.20. The largest absolute Gasteiger partial charge is 0.304 e. The fourth-order valence-corrected chi connectivity index (χ4v) is 4.46. The van der Waals surface area contributed by atoms with E-state index in [-0.39, 0.29) is 12.1 Å². The van der Waals surface area contributed by atoms with E-state index in [2.05, 4.69) is 135 Å². The average molecular weight is 449 g/mol. The van der Waals surface area contributed by atoms with Gasteiger partial charge in [0.15, 0.2) is 0 Å². The van der Waals surface area contributed by atoms with Gasteiger partial charge in [-0.15, -0.1) is 0 Å². The SMILES string of the molecule is Cc1ccc(CNC(c2ccccc2)C(NCc2ccc(C)c(C)c2)c2ccccc2)cc1C. The van der Waals surface area contributed by atoms with Crippen molar-refractivity contribution in [2.45, 2.75) is 52.9 Å². The van der Waals surface area contributed by atoms with Crippen LogP contribution in [0.25, 0.3) is 0 Å². The molecule has 0 saturated heterocycles. The molecule has 0 bridgehead atoms. The smallest absolute Gasteiger partial charge is 0.0521 e. The topological polar surface area (TPSA) is 24.1 Å². The molecule has 0 aromatic heterocycles. The highest BCUT2D eigenvalue weighted by Crippen LogP contribution is 2.30. The summed E-state index contributed by atoms with van der Waals surface area (Å²) >= 11 is 0. The van der Waals surface area contributed by atoms with Gasteiger partial charge in [0, 0.05) is 13.1 Å². The van der Waals surface area contributed by atoms with Gasteiger partial charge < -0.3 is 10.6 Å². The minimum absolute atomic E-state index is 0.122. The highest BCUT2D eigenvalue weighted by Gasteiger charge is 2.24. The molecule has 0 aliphatic rings. The summed E-state index contributed by atoms with van der Waals surface area (Å²) in [6.45, 7) is 10.3. The van der Waals surface area contributed by atoms with E-state index in [1.807, 2.05) is 0 Å². The molecule has 2 heteroatoms. The van der Waals surface area contributed by atoms with E-state index in [1.165, 1.54) is 44.5 Å². The van der Waals surface area contributed by atoms with Crippen molar-refractivity contribution in [3.05, 3.63) is 142 Å². The van der Waals surface area contributed by atoms with Crippen LogP contribution in [0, 0.1) is 27.7 Å². The highest BCUT2D eigenvalue weighted by molar-refractivity contribution is 5.33. The Morgan fingerprint density at radius 2 is 0.853 bits per heavy atom. The Morgan fingerprint density at radius 3 is 1.21 bits per heavy atom. The average Bonchev–Trinajstić information content (AvgIpc) is 2.86. The minimum Gasteiger partial charge on any atom is -0.304 e. The number of hydrogen-bond donors (Lipinski definition) is 2. The maximum Gasteiger partial charge on any atom is 0.0521 e. The predicted molar refractivity (Wildman–Crippen MR) is 144 cm³/mol. The molecule has 0 aliphatic heterocycles. The maximum atomic E-state index is 3.89. The van der Waals surface area contributed by atoms with E-state index in [1.54, 1.807) is 0 Å². The zero-order valence-electron chi connectivity index (χ0n) is 20.8. The van der Waals surface area contributed by atoms with Crippen molar-refractivity contribution >= 4 is 0 Å².